The molecule has 6 nitrogen and oxygen atoms in total. The minimum Gasteiger partial charge on any atom is -0.383 e. The number of aromatic nitrogens is 1. The fraction of sp³-hybridized carbons (Fsp3) is 0.583. The van der Waals surface area contributed by atoms with E-state index in [0.717, 1.165) is 12.2 Å². The minimum absolute atomic E-state index is 0.0352. The van der Waals surface area contributed by atoms with Crippen LogP contribution in [0.25, 0.3) is 0 Å². The molecular weight excluding hydrogens is 234 g/mol. The first kappa shape index (κ1) is 14.5. The Bertz CT molecular complexity index is 404. The Morgan fingerprint density at radius 2 is 2.28 bits per heavy atom. The average Bonchev–Trinajstić information content (AvgIpc) is 2.29. The van der Waals surface area contributed by atoms with E-state index in [1.807, 2.05) is 13.8 Å². The summed E-state index contributed by atoms with van der Waals surface area (Å²) in [7, 11) is 1.61. The van der Waals surface area contributed by atoms with Crippen LogP contribution in [0.5, 0.6) is 0 Å². The summed E-state index contributed by atoms with van der Waals surface area (Å²) in [6.07, 6.45) is 0.486. The Balaban J connectivity index is 2.92. The molecule has 1 aromatic rings. The van der Waals surface area contributed by atoms with Gasteiger partial charge in [-0.25, -0.2) is 0 Å². The van der Waals surface area contributed by atoms with Crippen molar-refractivity contribution < 1.29 is 9.66 Å². The number of rotatable bonds is 7. The van der Waals surface area contributed by atoms with Gasteiger partial charge in [0.25, 0.3) is 5.69 Å². The second-order valence-corrected chi connectivity index (χ2v) is 4.09. The maximum Gasteiger partial charge on any atom is 0.290 e. The second kappa shape index (κ2) is 7.03. The standard InChI is InChI=1S/C12H19N3O3/c1-4-13-10(8-18-3)7-11-12(15(16)17)6-5-9(2)14-11/h5-6,10,13H,4,7-8H2,1-3H3. The molecular formula is C12H19N3O3. The first-order valence-electron chi connectivity index (χ1n) is 5.91. The maximum absolute atomic E-state index is 10.9. The summed E-state index contributed by atoms with van der Waals surface area (Å²) in [4.78, 5) is 14.8. The van der Waals surface area contributed by atoms with Gasteiger partial charge in [-0.1, -0.05) is 6.92 Å². The molecule has 100 valence electrons. The molecule has 18 heavy (non-hydrogen) atoms. The number of likely N-dealkylation sites (N-methyl/N-ethyl adjacent to an activating group) is 1. The molecule has 0 aromatic carbocycles. The SMILES string of the molecule is CCNC(COC)Cc1nc(C)ccc1[N+](=O)[O-]. The van der Waals surface area contributed by atoms with Gasteiger partial charge in [0.2, 0.25) is 0 Å². The van der Waals surface area contributed by atoms with Crippen LogP contribution < -0.4 is 5.32 Å². The summed E-state index contributed by atoms with van der Waals surface area (Å²) in [5, 5.41) is 14.2. The monoisotopic (exact) mass is 253 g/mol. The van der Waals surface area contributed by atoms with Gasteiger partial charge in [-0.05, 0) is 19.5 Å². The second-order valence-electron chi connectivity index (χ2n) is 4.09. The van der Waals surface area contributed by atoms with Crippen molar-refractivity contribution in [3.8, 4) is 0 Å². The first-order chi connectivity index (χ1) is 8.58. The van der Waals surface area contributed by atoms with Crippen molar-refractivity contribution in [1.29, 1.82) is 0 Å². The molecule has 0 saturated heterocycles. The average molecular weight is 253 g/mol. The van der Waals surface area contributed by atoms with Gasteiger partial charge in [0, 0.05) is 31.3 Å². The fourth-order valence-corrected chi connectivity index (χ4v) is 1.83. The first-order valence-corrected chi connectivity index (χ1v) is 5.91. The normalized spacial score (nSPS) is 12.4. The molecule has 0 aliphatic carbocycles. The van der Waals surface area contributed by atoms with Crippen molar-refractivity contribution in [3.05, 3.63) is 33.6 Å². The Morgan fingerprint density at radius 1 is 1.56 bits per heavy atom. The largest absolute Gasteiger partial charge is 0.383 e. The van der Waals surface area contributed by atoms with E-state index < -0.39 is 4.92 Å². The lowest BCUT2D eigenvalue weighted by Crippen LogP contribution is -2.35. The summed E-state index contributed by atoms with van der Waals surface area (Å²) >= 11 is 0. The molecule has 0 aliphatic heterocycles. The third kappa shape index (κ3) is 4.05. The third-order valence-electron chi connectivity index (χ3n) is 2.59. The van der Waals surface area contributed by atoms with Gasteiger partial charge in [-0.3, -0.25) is 15.1 Å². The van der Waals surface area contributed by atoms with Gasteiger partial charge in [0.15, 0.2) is 0 Å². The van der Waals surface area contributed by atoms with E-state index in [1.165, 1.54) is 6.07 Å². The summed E-state index contributed by atoms with van der Waals surface area (Å²) < 4.78 is 5.10. The predicted octanol–water partition coefficient (Wildman–Crippen LogP) is 1.47. The summed E-state index contributed by atoms with van der Waals surface area (Å²) in [5.41, 5.74) is 1.35. The van der Waals surface area contributed by atoms with Crippen molar-refractivity contribution in [2.45, 2.75) is 26.3 Å². The molecule has 1 heterocycles. The lowest BCUT2D eigenvalue weighted by molar-refractivity contribution is -0.386. The molecule has 1 unspecified atom stereocenters. The van der Waals surface area contributed by atoms with Crippen LogP contribution in [-0.4, -0.2) is 36.2 Å². The van der Waals surface area contributed by atoms with Crippen LogP contribution in [0.2, 0.25) is 0 Å². The molecule has 0 amide bonds. The fourth-order valence-electron chi connectivity index (χ4n) is 1.83. The Kier molecular flexibility index (Phi) is 5.67. The van der Waals surface area contributed by atoms with Crippen LogP contribution in [-0.2, 0) is 11.2 Å². The topological polar surface area (TPSA) is 77.3 Å². The van der Waals surface area contributed by atoms with E-state index in [4.69, 9.17) is 4.74 Å². The van der Waals surface area contributed by atoms with Crippen LogP contribution in [0.1, 0.15) is 18.3 Å². The highest BCUT2D eigenvalue weighted by Gasteiger charge is 2.19. The molecule has 1 rings (SSSR count). The Labute approximate surface area is 107 Å². The number of hydrogen-bond donors (Lipinski definition) is 1. The van der Waals surface area contributed by atoms with Gasteiger partial charge in [-0.15, -0.1) is 0 Å². The summed E-state index contributed by atoms with van der Waals surface area (Å²) in [6, 6.07) is 3.20. The number of nitrogens with one attached hydrogen (secondary N) is 1. The molecule has 1 aromatic heterocycles. The van der Waals surface area contributed by atoms with Crippen molar-refractivity contribution in [2.75, 3.05) is 20.3 Å². The quantitative estimate of drug-likeness (QED) is 0.588. The summed E-state index contributed by atoms with van der Waals surface area (Å²) in [6.45, 7) is 5.10. The van der Waals surface area contributed by atoms with Gasteiger partial charge in [0.05, 0.1) is 11.5 Å². The molecule has 0 fully saturated rings. The van der Waals surface area contributed by atoms with E-state index in [9.17, 15) is 10.1 Å². The lowest BCUT2D eigenvalue weighted by atomic mass is 10.1. The number of hydrogen-bond acceptors (Lipinski definition) is 5. The highest BCUT2D eigenvalue weighted by atomic mass is 16.6. The third-order valence-corrected chi connectivity index (χ3v) is 2.59. The number of ether oxygens (including phenoxy) is 1. The van der Waals surface area contributed by atoms with E-state index >= 15 is 0 Å². The van der Waals surface area contributed by atoms with Crippen LogP contribution in [0.15, 0.2) is 12.1 Å². The molecule has 0 radical (unpaired) electrons. The number of nitro groups is 1. The van der Waals surface area contributed by atoms with Crippen molar-refractivity contribution in [3.63, 3.8) is 0 Å². The number of aryl methyl sites for hydroxylation is 1. The molecule has 0 saturated carbocycles. The van der Waals surface area contributed by atoms with Crippen molar-refractivity contribution in [2.24, 2.45) is 0 Å². The highest BCUT2D eigenvalue weighted by Crippen LogP contribution is 2.18. The van der Waals surface area contributed by atoms with Crippen LogP contribution in [0, 0.1) is 17.0 Å². The van der Waals surface area contributed by atoms with Crippen LogP contribution in [0.3, 0.4) is 0 Å². The van der Waals surface area contributed by atoms with Crippen molar-refractivity contribution >= 4 is 5.69 Å². The minimum atomic E-state index is -0.391. The number of pyridine rings is 1. The van der Waals surface area contributed by atoms with Gasteiger partial charge < -0.3 is 10.1 Å². The zero-order chi connectivity index (χ0) is 13.5. The van der Waals surface area contributed by atoms with E-state index in [-0.39, 0.29) is 11.7 Å². The molecule has 0 spiro atoms. The number of nitrogens with zero attached hydrogens (tertiary/aromatic N) is 2. The van der Waals surface area contributed by atoms with E-state index in [0.29, 0.717) is 18.7 Å². The predicted molar refractivity (Wildman–Crippen MR) is 68.7 cm³/mol. The van der Waals surface area contributed by atoms with Gasteiger partial charge in [-0.2, -0.15) is 0 Å². The highest BCUT2D eigenvalue weighted by molar-refractivity contribution is 5.36. The summed E-state index contributed by atoms with van der Waals surface area (Å²) in [5.74, 6) is 0. The lowest BCUT2D eigenvalue weighted by Gasteiger charge is -2.16. The molecule has 6 heteroatoms. The van der Waals surface area contributed by atoms with Gasteiger partial charge in [0.1, 0.15) is 5.69 Å². The van der Waals surface area contributed by atoms with Gasteiger partial charge >= 0.3 is 0 Å². The zero-order valence-corrected chi connectivity index (χ0v) is 11.0. The maximum atomic E-state index is 10.9. The number of methoxy groups -OCH3 is 1. The molecule has 0 aliphatic rings. The Morgan fingerprint density at radius 3 is 2.83 bits per heavy atom. The molecule has 0 bridgehead atoms. The Hall–Kier alpha value is -1.53. The molecule has 1 atom stereocenters. The van der Waals surface area contributed by atoms with E-state index in [1.54, 1.807) is 13.2 Å². The molecule has 1 N–H and O–H groups in total. The zero-order valence-electron chi connectivity index (χ0n) is 11.0. The van der Waals surface area contributed by atoms with E-state index in [2.05, 4.69) is 10.3 Å². The van der Waals surface area contributed by atoms with Crippen LogP contribution in [0.4, 0.5) is 5.69 Å². The van der Waals surface area contributed by atoms with Crippen LogP contribution >= 0.6 is 0 Å². The van der Waals surface area contributed by atoms with Crippen molar-refractivity contribution in [1.82, 2.24) is 10.3 Å². The smallest absolute Gasteiger partial charge is 0.290 e.